The fourth-order valence-corrected chi connectivity index (χ4v) is 4.59. The van der Waals surface area contributed by atoms with Gasteiger partial charge in [0.2, 0.25) is 0 Å². The van der Waals surface area contributed by atoms with Gasteiger partial charge in [-0.15, -0.1) is 0 Å². The third-order valence-corrected chi connectivity index (χ3v) is 6.04. The van der Waals surface area contributed by atoms with Crippen molar-refractivity contribution >= 4 is 5.71 Å². The van der Waals surface area contributed by atoms with E-state index in [2.05, 4.69) is 36.3 Å². The van der Waals surface area contributed by atoms with Crippen LogP contribution in [-0.2, 0) is 6.61 Å². The van der Waals surface area contributed by atoms with E-state index in [1.807, 2.05) is 24.3 Å². The molecule has 4 nitrogen and oxygen atoms in total. The van der Waals surface area contributed by atoms with Gasteiger partial charge < -0.3 is 9.47 Å². The van der Waals surface area contributed by atoms with E-state index in [0.29, 0.717) is 18.4 Å². The predicted molar refractivity (Wildman–Crippen MR) is 113 cm³/mol. The van der Waals surface area contributed by atoms with Crippen molar-refractivity contribution in [2.75, 3.05) is 20.7 Å². The maximum atomic E-state index is 6.01. The van der Waals surface area contributed by atoms with Gasteiger partial charge in [-0.25, -0.2) is 0 Å². The number of hydrazone groups is 1. The predicted octanol–water partition coefficient (Wildman–Crippen LogP) is 5.24. The summed E-state index contributed by atoms with van der Waals surface area (Å²) in [5.41, 5.74) is 3.84. The lowest BCUT2D eigenvalue weighted by Gasteiger charge is -2.32. The molecule has 2 unspecified atom stereocenters. The van der Waals surface area contributed by atoms with Crippen LogP contribution in [0.3, 0.4) is 0 Å². The molecule has 2 atom stereocenters. The number of rotatable bonds is 6. The van der Waals surface area contributed by atoms with Gasteiger partial charge in [-0.2, -0.15) is 5.10 Å². The summed E-state index contributed by atoms with van der Waals surface area (Å²) in [4.78, 5) is 0. The summed E-state index contributed by atoms with van der Waals surface area (Å²) in [7, 11) is 3.84. The first-order valence-corrected chi connectivity index (χ1v) is 10.4. The monoisotopic (exact) mass is 378 g/mol. The lowest BCUT2D eigenvalue weighted by molar-refractivity contribution is 0.302. The van der Waals surface area contributed by atoms with E-state index in [1.165, 1.54) is 42.5 Å². The summed E-state index contributed by atoms with van der Waals surface area (Å²) in [5.74, 6) is 2.81. The van der Waals surface area contributed by atoms with Crippen LogP contribution in [0, 0.1) is 5.92 Å². The molecule has 1 aliphatic heterocycles. The Bertz CT molecular complexity index is 819. The molecule has 2 aliphatic rings. The number of methoxy groups -OCH3 is 1. The Morgan fingerprint density at radius 2 is 1.82 bits per heavy atom. The summed E-state index contributed by atoms with van der Waals surface area (Å²) >= 11 is 0. The van der Waals surface area contributed by atoms with E-state index >= 15 is 0 Å². The average molecular weight is 379 g/mol. The van der Waals surface area contributed by atoms with Gasteiger partial charge in [-0.05, 0) is 36.0 Å². The minimum atomic E-state index is 0.483. The quantitative estimate of drug-likeness (QED) is 0.689. The first-order chi connectivity index (χ1) is 13.7. The highest BCUT2D eigenvalue weighted by molar-refractivity contribution is 5.89. The molecule has 0 spiro atoms. The third-order valence-electron chi connectivity index (χ3n) is 6.04. The topological polar surface area (TPSA) is 34.1 Å². The van der Waals surface area contributed by atoms with Crippen LogP contribution in [0.4, 0.5) is 0 Å². The Morgan fingerprint density at radius 3 is 2.54 bits per heavy atom. The van der Waals surface area contributed by atoms with Gasteiger partial charge in [0, 0.05) is 37.7 Å². The van der Waals surface area contributed by atoms with Crippen LogP contribution in [0.5, 0.6) is 11.5 Å². The maximum absolute atomic E-state index is 6.01. The Hall–Kier alpha value is -2.49. The summed E-state index contributed by atoms with van der Waals surface area (Å²) in [6, 6.07) is 16.6. The van der Waals surface area contributed by atoms with Crippen LogP contribution < -0.4 is 9.47 Å². The van der Waals surface area contributed by atoms with Crippen molar-refractivity contribution < 1.29 is 9.47 Å². The Morgan fingerprint density at radius 1 is 1.04 bits per heavy atom. The van der Waals surface area contributed by atoms with Crippen LogP contribution >= 0.6 is 0 Å². The molecule has 2 aromatic carbocycles. The van der Waals surface area contributed by atoms with Gasteiger partial charge in [-0.3, -0.25) is 5.01 Å². The fourth-order valence-electron chi connectivity index (χ4n) is 4.59. The minimum Gasteiger partial charge on any atom is -0.496 e. The number of hydrogen-bond donors (Lipinski definition) is 0. The SMILES string of the molecule is COc1cc(OCc2ccccc2)ccc1C1CCCCC1C1=NN(C)CC1. The van der Waals surface area contributed by atoms with E-state index in [-0.39, 0.29) is 0 Å². The normalized spacial score (nSPS) is 22.1. The molecule has 1 saturated carbocycles. The van der Waals surface area contributed by atoms with E-state index in [1.54, 1.807) is 7.11 Å². The number of ether oxygens (including phenoxy) is 2. The lowest BCUT2D eigenvalue weighted by atomic mass is 9.72. The summed E-state index contributed by atoms with van der Waals surface area (Å²) in [5, 5.41) is 6.89. The number of benzene rings is 2. The molecule has 0 N–H and O–H groups in total. The van der Waals surface area contributed by atoms with Crippen LogP contribution in [-0.4, -0.2) is 31.4 Å². The second-order valence-corrected chi connectivity index (χ2v) is 7.90. The van der Waals surface area contributed by atoms with Crippen molar-refractivity contribution in [3.05, 3.63) is 59.7 Å². The smallest absolute Gasteiger partial charge is 0.126 e. The van der Waals surface area contributed by atoms with Gasteiger partial charge >= 0.3 is 0 Å². The third kappa shape index (κ3) is 4.16. The Kier molecular flexibility index (Phi) is 5.84. The van der Waals surface area contributed by atoms with Crippen LogP contribution in [0.15, 0.2) is 53.6 Å². The molecule has 148 valence electrons. The molecule has 0 bridgehead atoms. The Labute approximate surface area is 168 Å². The maximum Gasteiger partial charge on any atom is 0.126 e. The van der Waals surface area contributed by atoms with Gasteiger partial charge in [0.15, 0.2) is 0 Å². The molecular weight excluding hydrogens is 348 g/mol. The number of nitrogens with zero attached hydrogens (tertiary/aromatic N) is 2. The van der Waals surface area contributed by atoms with Crippen molar-refractivity contribution in [3.63, 3.8) is 0 Å². The molecule has 0 amide bonds. The zero-order valence-electron chi connectivity index (χ0n) is 16.9. The van der Waals surface area contributed by atoms with Crippen LogP contribution in [0.2, 0.25) is 0 Å². The van der Waals surface area contributed by atoms with Crippen molar-refractivity contribution in [3.8, 4) is 11.5 Å². The zero-order valence-corrected chi connectivity index (χ0v) is 16.9. The van der Waals surface area contributed by atoms with Gasteiger partial charge in [-0.1, -0.05) is 49.2 Å². The van der Waals surface area contributed by atoms with Crippen molar-refractivity contribution in [1.29, 1.82) is 0 Å². The second kappa shape index (κ2) is 8.68. The molecule has 0 saturated heterocycles. The molecule has 4 heteroatoms. The first kappa shape index (κ1) is 18.9. The standard InChI is InChI=1S/C24H30N2O2/c1-26-15-14-23(25-26)21-11-7-6-10-20(21)22-13-12-19(16-24(22)27-2)28-17-18-8-4-3-5-9-18/h3-5,8-9,12-13,16,20-21H,6-7,10-11,14-15,17H2,1-2H3. The van der Waals surface area contributed by atoms with Crippen molar-refractivity contribution in [2.24, 2.45) is 11.0 Å². The summed E-state index contributed by atoms with van der Waals surface area (Å²) in [6.07, 6.45) is 6.10. The minimum absolute atomic E-state index is 0.483. The van der Waals surface area contributed by atoms with Crippen LogP contribution in [0.25, 0.3) is 0 Å². The molecule has 2 aromatic rings. The Balaban J connectivity index is 1.53. The highest BCUT2D eigenvalue weighted by atomic mass is 16.5. The largest absolute Gasteiger partial charge is 0.496 e. The molecule has 28 heavy (non-hydrogen) atoms. The highest BCUT2D eigenvalue weighted by Gasteiger charge is 2.33. The van der Waals surface area contributed by atoms with Gasteiger partial charge in [0.25, 0.3) is 0 Å². The molecule has 4 rings (SSSR count). The van der Waals surface area contributed by atoms with E-state index < -0.39 is 0 Å². The molecule has 1 fully saturated rings. The van der Waals surface area contributed by atoms with E-state index in [4.69, 9.17) is 14.6 Å². The number of hydrogen-bond acceptors (Lipinski definition) is 4. The highest BCUT2D eigenvalue weighted by Crippen LogP contribution is 2.44. The lowest BCUT2D eigenvalue weighted by Crippen LogP contribution is -2.25. The average Bonchev–Trinajstić information content (AvgIpc) is 3.19. The summed E-state index contributed by atoms with van der Waals surface area (Å²) in [6.45, 7) is 1.61. The second-order valence-electron chi connectivity index (χ2n) is 7.90. The molecule has 1 aliphatic carbocycles. The van der Waals surface area contributed by atoms with E-state index in [9.17, 15) is 0 Å². The molecule has 0 radical (unpaired) electrons. The van der Waals surface area contributed by atoms with Gasteiger partial charge in [0.1, 0.15) is 18.1 Å². The van der Waals surface area contributed by atoms with Crippen molar-refractivity contribution in [2.45, 2.75) is 44.6 Å². The zero-order chi connectivity index (χ0) is 19.3. The fraction of sp³-hybridized carbons (Fsp3) is 0.458. The van der Waals surface area contributed by atoms with E-state index in [0.717, 1.165) is 24.5 Å². The molecular formula is C24H30N2O2. The first-order valence-electron chi connectivity index (χ1n) is 10.4. The molecule has 0 aromatic heterocycles. The summed E-state index contributed by atoms with van der Waals surface area (Å²) < 4.78 is 11.8. The van der Waals surface area contributed by atoms with Crippen LogP contribution in [0.1, 0.15) is 49.1 Å². The van der Waals surface area contributed by atoms with Gasteiger partial charge in [0.05, 0.1) is 7.11 Å². The molecule has 1 heterocycles. The van der Waals surface area contributed by atoms with Crippen molar-refractivity contribution in [1.82, 2.24) is 5.01 Å².